The van der Waals surface area contributed by atoms with Crippen molar-refractivity contribution in [1.29, 1.82) is 0 Å². The van der Waals surface area contributed by atoms with Crippen LogP contribution in [-0.4, -0.2) is 62.0 Å². The molecule has 0 radical (unpaired) electrons. The Hall–Kier alpha value is -1.89. The lowest BCUT2D eigenvalue weighted by molar-refractivity contribution is -0.121. The van der Waals surface area contributed by atoms with Crippen molar-refractivity contribution in [1.82, 2.24) is 9.80 Å². The molecule has 0 saturated carbocycles. The van der Waals surface area contributed by atoms with Gasteiger partial charge >= 0.3 is 0 Å². The number of thiophene rings is 1. The van der Waals surface area contributed by atoms with E-state index in [0.29, 0.717) is 0 Å². The van der Waals surface area contributed by atoms with Crippen molar-refractivity contribution in [2.45, 2.75) is 19.5 Å². The molecule has 0 unspecified atom stereocenters. The summed E-state index contributed by atoms with van der Waals surface area (Å²) >= 11 is 1.75. The van der Waals surface area contributed by atoms with E-state index in [0.717, 1.165) is 44.1 Å². The van der Waals surface area contributed by atoms with E-state index in [1.165, 1.54) is 5.56 Å². The molecule has 0 spiro atoms. The van der Waals surface area contributed by atoms with Crippen LogP contribution in [0.2, 0.25) is 0 Å². The molecule has 26 heavy (non-hydrogen) atoms. The molecule has 0 bridgehead atoms. The Morgan fingerprint density at radius 2 is 1.85 bits per heavy atom. The molecule has 5 nitrogen and oxygen atoms in total. The first-order chi connectivity index (χ1) is 12.5. The van der Waals surface area contributed by atoms with E-state index < -0.39 is 0 Å². The zero-order valence-corrected chi connectivity index (χ0v) is 16.6. The minimum Gasteiger partial charge on any atom is -0.378 e. The lowest BCUT2D eigenvalue weighted by Crippen LogP contribution is -2.52. The van der Waals surface area contributed by atoms with E-state index in [2.05, 4.69) is 31.9 Å². The number of nitrogens with zero attached hydrogens (tertiary/aromatic N) is 3. The van der Waals surface area contributed by atoms with Gasteiger partial charge in [-0.2, -0.15) is 11.3 Å². The number of benzene rings is 1. The number of piperazine rings is 1. The number of hydrogen-bond donors (Lipinski definition) is 1. The van der Waals surface area contributed by atoms with E-state index in [1.54, 1.807) is 11.3 Å². The highest BCUT2D eigenvalue weighted by Gasteiger charge is 2.25. The Morgan fingerprint density at radius 1 is 1.15 bits per heavy atom. The predicted octanol–water partition coefficient (Wildman–Crippen LogP) is 2.96. The fourth-order valence-corrected chi connectivity index (χ4v) is 3.86. The second kappa shape index (κ2) is 8.66. The van der Waals surface area contributed by atoms with Crippen LogP contribution >= 0.6 is 11.3 Å². The lowest BCUT2D eigenvalue weighted by Gasteiger charge is -2.37. The second-order valence-corrected chi connectivity index (χ2v) is 7.83. The summed E-state index contributed by atoms with van der Waals surface area (Å²) in [7, 11) is 4.02. The fraction of sp³-hybridized carbons (Fsp3) is 0.450. The monoisotopic (exact) mass is 372 g/mol. The summed E-state index contributed by atoms with van der Waals surface area (Å²) < 4.78 is 0. The van der Waals surface area contributed by atoms with Crippen LogP contribution < -0.4 is 10.2 Å². The summed E-state index contributed by atoms with van der Waals surface area (Å²) in [6.07, 6.45) is 0. The molecule has 2 aromatic rings. The molecule has 3 rings (SSSR count). The molecular formula is C20H28N4OS. The Morgan fingerprint density at radius 3 is 2.42 bits per heavy atom. The van der Waals surface area contributed by atoms with Gasteiger partial charge < -0.3 is 10.2 Å². The molecule has 1 atom stereocenters. The number of anilines is 2. The van der Waals surface area contributed by atoms with E-state index in [-0.39, 0.29) is 11.9 Å². The highest BCUT2D eigenvalue weighted by molar-refractivity contribution is 7.07. The molecule has 6 heteroatoms. The number of rotatable bonds is 6. The average molecular weight is 373 g/mol. The third-order valence-electron chi connectivity index (χ3n) is 4.97. The smallest absolute Gasteiger partial charge is 0.241 e. The van der Waals surface area contributed by atoms with Gasteiger partial charge in [0, 0.05) is 58.2 Å². The molecule has 1 saturated heterocycles. The van der Waals surface area contributed by atoms with Crippen molar-refractivity contribution in [2.24, 2.45) is 0 Å². The molecular weight excluding hydrogens is 344 g/mol. The number of carbonyl (C=O) groups is 1. The predicted molar refractivity (Wildman–Crippen MR) is 110 cm³/mol. The van der Waals surface area contributed by atoms with Gasteiger partial charge in [-0.25, -0.2) is 0 Å². The zero-order valence-electron chi connectivity index (χ0n) is 15.8. The minimum absolute atomic E-state index is 0.0638. The van der Waals surface area contributed by atoms with Crippen molar-refractivity contribution < 1.29 is 4.79 Å². The standard InChI is InChI=1S/C20H28N4OS/c1-16(20(25)21-18-4-6-19(7-5-18)22(2)3)24-11-9-23(10-12-24)14-17-8-13-26-15-17/h4-8,13,15-16H,9-12,14H2,1-3H3,(H,21,25)/t16-/m1/s1. The summed E-state index contributed by atoms with van der Waals surface area (Å²) in [5.74, 6) is 0.0638. The van der Waals surface area contributed by atoms with Crippen LogP contribution in [0, 0.1) is 0 Å². The van der Waals surface area contributed by atoms with Gasteiger partial charge in [-0.1, -0.05) is 0 Å². The van der Waals surface area contributed by atoms with Crippen LogP contribution in [0.5, 0.6) is 0 Å². The van der Waals surface area contributed by atoms with E-state index >= 15 is 0 Å². The zero-order chi connectivity index (χ0) is 18.5. The molecule has 2 heterocycles. The van der Waals surface area contributed by atoms with Gasteiger partial charge in [0.15, 0.2) is 0 Å². The van der Waals surface area contributed by atoms with E-state index in [1.807, 2.05) is 50.2 Å². The first-order valence-electron chi connectivity index (χ1n) is 9.08. The molecule has 140 valence electrons. The maximum atomic E-state index is 12.6. The Balaban J connectivity index is 1.48. The van der Waals surface area contributed by atoms with Crippen LogP contribution in [0.15, 0.2) is 41.1 Å². The molecule has 1 aliphatic rings. The Bertz CT molecular complexity index is 691. The molecule has 1 aliphatic heterocycles. The van der Waals surface area contributed by atoms with Crippen molar-refractivity contribution in [3.8, 4) is 0 Å². The third kappa shape index (κ3) is 4.84. The quantitative estimate of drug-likeness (QED) is 0.846. The first kappa shape index (κ1) is 18.9. The molecule has 0 aliphatic carbocycles. The van der Waals surface area contributed by atoms with Gasteiger partial charge in [-0.3, -0.25) is 14.6 Å². The van der Waals surface area contributed by atoms with Crippen LogP contribution in [0.3, 0.4) is 0 Å². The summed E-state index contributed by atoms with van der Waals surface area (Å²) in [6, 6.07) is 10.0. The maximum absolute atomic E-state index is 12.6. The third-order valence-corrected chi connectivity index (χ3v) is 5.70. The van der Waals surface area contributed by atoms with E-state index in [9.17, 15) is 4.79 Å². The summed E-state index contributed by atoms with van der Waals surface area (Å²) in [4.78, 5) is 19.4. The SMILES string of the molecule is C[C@H](C(=O)Nc1ccc(N(C)C)cc1)N1CCN(Cc2ccsc2)CC1. The summed E-state index contributed by atoms with van der Waals surface area (Å²) in [5, 5.41) is 7.38. The van der Waals surface area contributed by atoms with Crippen LogP contribution in [-0.2, 0) is 11.3 Å². The fourth-order valence-electron chi connectivity index (χ4n) is 3.20. The van der Waals surface area contributed by atoms with Gasteiger partial charge in [-0.05, 0) is 53.6 Å². The number of nitrogens with one attached hydrogen (secondary N) is 1. The van der Waals surface area contributed by atoms with E-state index in [4.69, 9.17) is 0 Å². The van der Waals surface area contributed by atoms with Gasteiger partial charge in [0.2, 0.25) is 5.91 Å². The number of hydrogen-bond acceptors (Lipinski definition) is 5. The Kier molecular flexibility index (Phi) is 6.29. The summed E-state index contributed by atoms with van der Waals surface area (Å²) in [6.45, 7) is 6.88. The maximum Gasteiger partial charge on any atom is 0.241 e. The normalized spacial score (nSPS) is 17.0. The molecule has 1 aromatic carbocycles. The van der Waals surface area contributed by atoms with Crippen molar-refractivity contribution in [3.63, 3.8) is 0 Å². The van der Waals surface area contributed by atoms with Crippen molar-refractivity contribution in [3.05, 3.63) is 46.7 Å². The van der Waals surface area contributed by atoms with Gasteiger partial charge in [0.1, 0.15) is 0 Å². The second-order valence-electron chi connectivity index (χ2n) is 7.05. The lowest BCUT2D eigenvalue weighted by atomic mass is 10.2. The molecule has 1 N–H and O–H groups in total. The van der Waals surface area contributed by atoms with Gasteiger partial charge in [-0.15, -0.1) is 0 Å². The molecule has 1 aromatic heterocycles. The number of carbonyl (C=O) groups excluding carboxylic acids is 1. The highest BCUT2D eigenvalue weighted by atomic mass is 32.1. The van der Waals surface area contributed by atoms with Crippen LogP contribution in [0.1, 0.15) is 12.5 Å². The largest absolute Gasteiger partial charge is 0.378 e. The molecule has 1 fully saturated rings. The minimum atomic E-state index is -0.119. The topological polar surface area (TPSA) is 38.8 Å². The van der Waals surface area contributed by atoms with Gasteiger partial charge in [0.25, 0.3) is 0 Å². The first-order valence-corrected chi connectivity index (χ1v) is 10.0. The van der Waals surface area contributed by atoms with Crippen LogP contribution in [0.4, 0.5) is 11.4 Å². The van der Waals surface area contributed by atoms with Crippen LogP contribution in [0.25, 0.3) is 0 Å². The molecule has 1 amide bonds. The van der Waals surface area contributed by atoms with Crippen molar-refractivity contribution in [2.75, 3.05) is 50.5 Å². The Labute approximate surface area is 160 Å². The number of amides is 1. The highest BCUT2D eigenvalue weighted by Crippen LogP contribution is 2.17. The van der Waals surface area contributed by atoms with Crippen molar-refractivity contribution >= 4 is 28.6 Å². The average Bonchev–Trinajstić information content (AvgIpc) is 3.15. The van der Waals surface area contributed by atoms with Gasteiger partial charge in [0.05, 0.1) is 6.04 Å². The summed E-state index contributed by atoms with van der Waals surface area (Å²) in [5.41, 5.74) is 3.36.